The van der Waals surface area contributed by atoms with Gasteiger partial charge in [0.2, 0.25) is 0 Å². The highest BCUT2D eigenvalue weighted by atomic mass is 16.5. The van der Waals surface area contributed by atoms with Crippen LogP contribution in [0, 0.1) is 5.92 Å². The first kappa shape index (κ1) is 19.6. The van der Waals surface area contributed by atoms with Crippen molar-refractivity contribution in [3.63, 3.8) is 0 Å². The summed E-state index contributed by atoms with van der Waals surface area (Å²) in [6.45, 7) is 2.88. The molecule has 0 unspecified atom stereocenters. The Morgan fingerprint density at radius 3 is 2.79 bits per heavy atom. The van der Waals surface area contributed by atoms with Crippen LogP contribution in [0.15, 0.2) is 36.4 Å². The zero-order chi connectivity index (χ0) is 20.4. The molecule has 2 heterocycles. The third kappa shape index (κ3) is 3.53. The molecule has 4 rings (SSSR count). The molecule has 1 saturated heterocycles. The molecule has 154 valence electrons. The maximum Gasteiger partial charge on any atom is 0.338 e. The van der Waals surface area contributed by atoms with E-state index in [9.17, 15) is 4.79 Å². The summed E-state index contributed by atoms with van der Waals surface area (Å²) in [4.78, 5) is 12.2. The van der Waals surface area contributed by atoms with Gasteiger partial charge in [-0.2, -0.15) is 0 Å². The van der Waals surface area contributed by atoms with Crippen molar-refractivity contribution in [1.82, 2.24) is 0 Å². The Kier molecular flexibility index (Phi) is 5.62. The highest BCUT2D eigenvalue weighted by molar-refractivity contribution is 5.90. The number of carbonyl (C=O) groups excluding carboxylic acids is 1. The quantitative estimate of drug-likeness (QED) is 0.749. The van der Waals surface area contributed by atoms with Crippen LogP contribution >= 0.6 is 0 Å². The van der Waals surface area contributed by atoms with Gasteiger partial charge in [0.05, 0.1) is 38.5 Å². The van der Waals surface area contributed by atoms with Gasteiger partial charge in [0.15, 0.2) is 11.5 Å². The lowest BCUT2D eigenvalue weighted by atomic mass is 9.77. The van der Waals surface area contributed by atoms with E-state index in [0.29, 0.717) is 24.5 Å². The lowest BCUT2D eigenvalue weighted by molar-refractivity contribution is -0.0383. The number of anilines is 1. The summed E-state index contributed by atoms with van der Waals surface area (Å²) in [7, 11) is 3.31. The number of hydrogen-bond donors (Lipinski definition) is 1. The minimum atomic E-state index is -0.306. The van der Waals surface area contributed by atoms with Gasteiger partial charge in [-0.25, -0.2) is 4.79 Å². The van der Waals surface area contributed by atoms with Crippen LogP contribution in [0.1, 0.15) is 53.4 Å². The zero-order valence-corrected chi connectivity index (χ0v) is 17.1. The molecule has 0 radical (unpaired) electrons. The Balaban J connectivity index is 1.76. The van der Waals surface area contributed by atoms with Crippen molar-refractivity contribution < 1.29 is 23.7 Å². The molecule has 0 amide bonds. The van der Waals surface area contributed by atoms with Crippen LogP contribution < -0.4 is 14.8 Å². The van der Waals surface area contributed by atoms with E-state index < -0.39 is 0 Å². The summed E-state index contributed by atoms with van der Waals surface area (Å²) in [6, 6.07) is 11.6. The molecule has 0 aromatic heterocycles. The Morgan fingerprint density at radius 2 is 2.03 bits per heavy atom. The third-order valence-electron chi connectivity index (χ3n) is 5.74. The molecule has 6 nitrogen and oxygen atoms in total. The summed E-state index contributed by atoms with van der Waals surface area (Å²) in [5, 5.41) is 3.67. The molecule has 2 aliphatic heterocycles. The van der Waals surface area contributed by atoms with Crippen molar-refractivity contribution in [3.8, 4) is 11.5 Å². The van der Waals surface area contributed by atoms with Crippen LogP contribution in [0.25, 0.3) is 0 Å². The van der Waals surface area contributed by atoms with Crippen molar-refractivity contribution in [3.05, 3.63) is 53.1 Å². The number of methoxy groups -OCH3 is 2. The first-order valence-corrected chi connectivity index (χ1v) is 10.1. The number of ether oxygens (including phenoxy) is 4. The van der Waals surface area contributed by atoms with Crippen molar-refractivity contribution >= 4 is 11.7 Å². The molecular weight excluding hydrogens is 370 g/mol. The van der Waals surface area contributed by atoms with Gasteiger partial charge in [-0.3, -0.25) is 0 Å². The second kappa shape index (κ2) is 8.33. The third-order valence-corrected chi connectivity index (χ3v) is 5.74. The fourth-order valence-corrected chi connectivity index (χ4v) is 4.48. The van der Waals surface area contributed by atoms with Gasteiger partial charge in [-0.1, -0.05) is 12.1 Å². The zero-order valence-electron chi connectivity index (χ0n) is 17.1. The largest absolute Gasteiger partial charge is 0.493 e. The molecule has 0 saturated carbocycles. The van der Waals surface area contributed by atoms with Gasteiger partial charge in [0.25, 0.3) is 0 Å². The first-order valence-electron chi connectivity index (χ1n) is 10.1. The average Bonchev–Trinajstić information content (AvgIpc) is 2.77. The topological polar surface area (TPSA) is 66.0 Å². The van der Waals surface area contributed by atoms with Gasteiger partial charge < -0.3 is 24.3 Å². The lowest BCUT2D eigenvalue weighted by Gasteiger charge is -2.43. The van der Waals surface area contributed by atoms with Crippen LogP contribution in [0.2, 0.25) is 0 Å². The summed E-state index contributed by atoms with van der Waals surface area (Å²) < 4.78 is 22.6. The lowest BCUT2D eigenvalue weighted by Crippen LogP contribution is -2.36. The molecule has 29 heavy (non-hydrogen) atoms. The van der Waals surface area contributed by atoms with Crippen LogP contribution in [0.3, 0.4) is 0 Å². The second-order valence-electron chi connectivity index (χ2n) is 7.32. The predicted octanol–water partition coefficient (Wildman–Crippen LogP) is 4.52. The molecule has 0 bridgehead atoms. The number of esters is 1. The normalized spacial score (nSPS) is 22.7. The SMILES string of the molecule is CCOC(=O)c1ccc2c(c1)[C@@H]1OCCC[C@@H]1[C@H](c1cccc(OC)c1OC)N2. The monoisotopic (exact) mass is 397 g/mol. The van der Waals surface area contributed by atoms with Gasteiger partial charge in [0.1, 0.15) is 0 Å². The Labute approximate surface area is 171 Å². The first-order chi connectivity index (χ1) is 14.2. The van der Waals surface area contributed by atoms with E-state index in [0.717, 1.165) is 35.4 Å². The fraction of sp³-hybridized carbons (Fsp3) is 0.435. The molecule has 2 aliphatic rings. The Bertz CT molecular complexity index is 897. The fourth-order valence-electron chi connectivity index (χ4n) is 4.48. The number of hydrogen-bond acceptors (Lipinski definition) is 6. The number of rotatable bonds is 5. The van der Waals surface area contributed by atoms with E-state index in [4.69, 9.17) is 18.9 Å². The van der Waals surface area contributed by atoms with Crippen molar-refractivity contribution in [2.75, 3.05) is 32.8 Å². The molecule has 0 spiro atoms. The highest BCUT2D eigenvalue weighted by Gasteiger charge is 2.41. The average molecular weight is 397 g/mol. The number of nitrogens with one attached hydrogen (secondary N) is 1. The summed E-state index contributed by atoms with van der Waals surface area (Å²) in [5.74, 6) is 1.36. The van der Waals surface area contributed by atoms with E-state index in [-0.39, 0.29) is 24.0 Å². The number of fused-ring (bicyclic) bond motifs is 3. The molecule has 2 aromatic carbocycles. The highest BCUT2D eigenvalue weighted by Crippen LogP contribution is 2.51. The molecular formula is C23H27NO5. The van der Waals surface area contributed by atoms with Crippen molar-refractivity contribution in [1.29, 1.82) is 0 Å². The predicted molar refractivity (Wildman–Crippen MR) is 110 cm³/mol. The van der Waals surface area contributed by atoms with Crippen LogP contribution in [-0.4, -0.2) is 33.4 Å². The second-order valence-corrected chi connectivity index (χ2v) is 7.32. The Hall–Kier alpha value is -2.73. The summed E-state index contributed by atoms with van der Waals surface area (Å²) in [6.07, 6.45) is 1.93. The standard InChI is InChI=1S/C23H27NO5/c1-4-28-23(25)14-10-11-18-17(13-14)21-15(8-6-12-29-21)20(24-18)16-7-5-9-19(26-2)22(16)27-3/h5,7,9-11,13,15,20-21,24H,4,6,8,12H2,1-3H3/t15-,20-,21-/m1/s1. The van der Waals surface area contributed by atoms with E-state index in [2.05, 4.69) is 11.4 Å². The van der Waals surface area contributed by atoms with Gasteiger partial charge in [0, 0.05) is 29.3 Å². The van der Waals surface area contributed by atoms with E-state index in [1.807, 2.05) is 31.2 Å². The minimum Gasteiger partial charge on any atom is -0.493 e. The van der Waals surface area contributed by atoms with Crippen LogP contribution in [0.4, 0.5) is 5.69 Å². The van der Waals surface area contributed by atoms with Gasteiger partial charge in [-0.05, 0) is 44.0 Å². The van der Waals surface area contributed by atoms with Gasteiger partial charge in [-0.15, -0.1) is 0 Å². The maximum atomic E-state index is 12.2. The van der Waals surface area contributed by atoms with Crippen molar-refractivity contribution in [2.45, 2.75) is 31.9 Å². The number of benzene rings is 2. The maximum absolute atomic E-state index is 12.2. The Morgan fingerprint density at radius 1 is 1.17 bits per heavy atom. The molecule has 1 fully saturated rings. The van der Waals surface area contributed by atoms with E-state index >= 15 is 0 Å². The summed E-state index contributed by atoms with van der Waals surface area (Å²) >= 11 is 0. The van der Waals surface area contributed by atoms with Gasteiger partial charge >= 0.3 is 5.97 Å². The van der Waals surface area contributed by atoms with Crippen LogP contribution in [-0.2, 0) is 9.47 Å². The van der Waals surface area contributed by atoms with Crippen LogP contribution in [0.5, 0.6) is 11.5 Å². The molecule has 0 aliphatic carbocycles. The minimum absolute atomic E-state index is 0.0197. The van der Waals surface area contributed by atoms with E-state index in [1.165, 1.54) is 0 Å². The van der Waals surface area contributed by atoms with E-state index in [1.54, 1.807) is 20.3 Å². The molecule has 3 atom stereocenters. The van der Waals surface area contributed by atoms with Crippen molar-refractivity contribution in [2.24, 2.45) is 5.92 Å². The molecule has 2 aromatic rings. The summed E-state index contributed by atoms with van der Waals surface area (Å²) in [5.41, 5.74) is 3.58. The number of carbonyl (C=O) groups is 1. The molecule has 1 N–H and O–H groups in total. The number of para-hydroxylation sites is 1. The molecule has 6 heteroatoms. The smallest absolute Gasteiger partial charge is 0.338 e.